The molecule has 0 bridgehead atoms. The topological polar surface area (TPSA) is 57.6 Å². The Morgan fingerprint density at radius 1 is 1.10 bits per heavy atom. The van der Waals surface area contributed by atoms with Gasteiger partial charge < -0.3 is 10.0 Å². The van der Waals surface area contributed by atoms with Gasteiger partial charge >= 0.3 is 5.97 Å². The predicted octanol–water partition coefficient (Wildman–Crippen LogP) is 2.24. The van der Waals surface area contributed by atoms with Crippen LogP contribution in [0.5, 0.6) is 0 Å². The summed E-state index contributed by atoms with van der Waals surface area (Å²) >= 11 is 0. The highest BCUT2D eigenvalue weighted by Gasteiger charge is 2.50. The minimum Gasteiger partial charge on any atom is -0.479 e. The summed E-state index contributed by atoms with van der Waals surface area (Å²) in [6, 6.07) is 6.80. The van der Waals surface area contributed by atoms with Crippen molar-refractivity contribution in [2.24, 2.45) is 17.8 Å². The van der Waals surface area contributed by atoms with Gasteiger partial charge in [0.25, 0.3) is 0 Å². The molecule has 1 aromatic rings. The summed E-state index contributed by atoms with van der Waals surface area (Å²) in [5.41, 5.74) is 1.84. The number of rotatable bonds is 2. The van der Waals surface area contributed by atoms with E-state index in [1.165, 1.54) is 6.42 Å². The molecule has 2 fully saturated rings. The maximum absolute atomic E-state index is 12.8. The van der Waals surface area contributed by atoms with Crippen molar-refractivity contribution in [3.63, 3.8) is 0 Å². The molecule has 110 valence electrons. The number of aliphatic carboxylic acids is 1. The Balaban J connectivity index is 1.62. The van der Waals surface area contributed by atoms with Crippen molar-refractivity contribution in [2.75, 3.05) is 6.54 Å². The third-order valence-electron chi connectivity index (χ3n) is 5.39. The maximum atomic E-state index is 12.8. The summed E-state index contributed by atoms with van der Waals surface area (Å²) < 4.78 is 0. The third kappa shape index (κ3) is 2.04. The molecular formula is C17H19NO3. The minimum atomic E-state index is -0.918. The van der Waals surface area contributed by atoms with Crippen LogP contribution in [-0.2, 0) is 16.0 Å². The number of amides is 1. The molecule has 3 atom stereocenters. The molecule has 0 saturated heterocycles. The van der Waals surface area contributed by atoms with Gasteiger partial charge in [-0.25, -0.2) is 4.79 Å². The van der Waals surface area contributed by atoms with E-state index in [1.54, 1.807) is 4.90 Å². The molecule has 1 N–H and O–H groups in total. The number of carboxylic acid groups (broad SMARTS) is 1. The van der Waals surface area contributed by atoms with Gasteiger partial charge in [-0.05, 0) is 48.6 Å². The van der Waals surface area contributed by atoms with Gasteiger partial charge in [0.2, 0.25) is 5.91 Å². The zero-order chi connectivity index (χ0) is 14.6. The monoisotopic (exact) mass is 285 g/mol. The number of carbonyl (C=O) groups excluding carboxylic acids is 1. The molecule has 4 nitrogen and oxygen atoms in total. The summed E-state index contributed by atoms with van der Waals surface area (Å²) in [5, 5.41) is 9.61. The number of carboxylic acids is 1. The number of hydrogen-bond acceptors (Lipinski definition) is 2. The number of nitrogens with zero attached hydrogens (tertiary/aromatic N) is 1. The first-order chi connectivity index (χ1) is 10.1. The van der Waals surface area contributed by atoms with Crippen molar-refractivity contribution in [3.8, 4) is 0 Å². The molecule has 1 aliphatic heterocycles. The molecule has 3 unspecified atom stereocenters. The van der Waals surface area contributed by atoms with Crippen LogP contribution in [0.4, 0.5) is 0 Å². The molecule has 0 spiro atoms. The Hall–Kier alpha value is -1.84. The second-order valence-electron chi connectivity index (χ2n) is 6.65. The lowest BCUT2D eigenvalue weighted by Crippen LogP contribution is -2.45. The first-order valence-corrected chi connectivity index (χ1v) is 7.76. The van der Waals surface area contributed by atoms with Crippen LogP contribution in [0.2, 0.25) is 0 Å². The predicted molar refractivity (Wildman–Crippen MR) is 76.6 cm³/mol. The summed E-state index contributed by atoms with van der Waals surface area (Å²) in [5.74, 6) is 0.669. The van der Waals surface area contributed by atoms with Crippen molar-refractivity contribution in [2.45, 2.75) is 31.7 Å². The Kier molecular flexibility index (Phi) is 2.81. The van der Waals surface area contributed by atoms with Gasteiger partial charge in [0.1, 0.15) is 0 Å². The quantitative estimate of drug-likeness (QED) is 0.906. The molecular weight excluding hydrogens is 266 g/mol. The lowest BCUT2D eigenvalue weighted by atomic mass is 9.90. The van der Waals surface area contributed by atoms with Crippen LogP contribution < -0.4 is 0 Å². The number of benzene rings is 1. The zero-order valence-corrected chi connectivity index (χ0v) is 11.9. The average molecular weight is 285 g/mol. The molecule has 3 aliphatic rings. The first-order valence-electron chi connectivity index (χ1n) is 7.76. The molecule has 4 rings (SSSR count). The van der Waals surface area contributed by atoms with E-state index in [0.29, 0.717) is 6.54 Å². The normalized spacial score (nSPS) is 33.2. The van der Waals surface area contributed by atoms with Crippen LogP contribution >= 0.6 is 0 Å². The standard InChI is InChI=1S/C17H19NO3/c19-16(13-8-11-7-12(11)9-13)18-6-5-10-3-1-2-4-14(10)15(18)17(20)21/h1-4,11-13,15H,5-9H2,(H,20,21). The summed E-state index contributed by atoms with van der Waals surface area (Å²) in [4.78, 5) is 26.1. The van der Waals surface area contributed by atoms with E-state index >= 15 is 0 Å². The summed E-state index contributed by atoms with van der Waals surface area (Å²) in [6.45, 7) is 0.526. The van der Waals surface area contributed by atoms with E-state index < -0.39 is 12.0 Å². The van der Waals surface area contributed by atoms with Crippen molar-refractivity contribution in [1.82, 2.24) is 4.90 Å². The van der Waals surface area contributed by atoms with Gasteiger partial charge in [0, 0.05) is 12.5 Å². The minimum absolute atomic E-state index is 0.0564. The van der Waals surface area contributed by atoms with Gasteiger partial charge in [-0.1, -0.05) is 24.3 Å². The highest BCUT2D eigenvalue weighted by molar-refractivity contribution is 5.87. The van der Waals surface area contributed by atoms with E-state index in [0.717, 1.165) is 42.2 Å². The highest BCUT2D eigenvalue weighted by atomic mass is 16.4. The van der Waals surface area contributed by atoms with Crippen LogP contribution in [-0.4, -0.2) is 28.4 Å². The van der Waals surface area contributed by atoms with Crippen molar-refractivity contribution in [3.05, 3.63) is 35.4 Å². The fourth-order valence-corrected chi connectivity index (χ4v) is 4.22. The van der Waals surface area contributed by atoms with Crippen LogP contribution in [0, 0.1) is 17.8 Å². The molecule has 2 aliphatic carbocycles. The van der Waals surface area contributed by atoms with Crippen molar-refractivity contribution < 1.29 is 14.7 Å². The van der Waals surface area contributed by atoms with Crippen molar-refractivity contribution >= 4 is 11.9 Å². The first kappa shape index (κ1) is 12.9. The van der Waals surface area contributed by atoms with Gasteiger partial charge in [0.05, 0.1) is 0 Å². The van der Waals surface area contributed by atoms with E-state index in [9.17, 15) is 14.7 Å². The Labute approximate surface area is 123 Å². The SMILES string of the molecule is O=C(O)C1c2ccccc2CCN1C(=O)C1CC2CC2C1. The zero-order valence-electron chi connectivity index (χ0n) is 11.9. The van der Waals surface area contributed by atoms with Gasteiger partial charge in [-0.15, -0.1) is 0 Å². The number of fused-ring (bicyclic) bond motifs is 2. The van der Waals surface area contributed by atoms with Gasteiger partial charge in [0.15, 0.2) is 6.04 Å². The van der Waals surface area contributed by atoms with E-state index in [2.05, 4.69) is 0 Å². The average Bonchev–Trinajstić information content (AvgIpc) is 3.11. The van der Waals surface area contributed by atoms with Crippen molar-refractivity contribution in [1.29, 1.82) is 0 Å². The third-order valence-corrected chi connectivity index (χ3v) is 5.39. The second kappa shape index (κ2) is 4.58. The Morgan fingerprint density at radius 3 is 2.52 bits per heavy atom. The van der Waals surface area contributed by atoms with Crippen LogP contribution in [0.15, 0.2) is 24.3 Å². The molecule has 0 aromatic heterocycles. The van der Waals surface area contributed by atoms with Crippen LogP contribution in [0.1, 0.15) is 36.4 Å². The smallest absolute Gasteiger partial charge is 0.331 e. The summed E-state index contributed by atoms with van der Waals surface area (Å²) in [6.07, 6.45) is 3.96. The lowest BCUT2D eigenvalue weighted by molar-refractivity contribution is -0.153. The molecule has 1 amide bonds. The molecule has 1 heterocycles. The Morgan fingerprint density at radius 2 is 1.81 bits per heavy atom. The van der Waals surface area contributed by atoms with E-state index in [1.807, 2.05) is 24.3 Å². The number of hydrogen-bond donors (Lipinski definition) is 1. The molecule has 0 radical (unpaired) electrons. The molecule has 21 heavy (non-hydrogen) atoms. The maximum Gasteiger partial charge on any atom is 0.331 e. The molecule has 2 saturated carbocycles. The largest absolute Gasteiger partial charge is 0.479 e. The van der Waals surface area contributed by atoms with E-state index in [-0.39, 0.29) is 11.8 Å². The van der Waals surface area contributed by atoms with Crippen LogP contribution in [0.25, 0.3) is 0 Å². The van der Waals surface area contributed by atoms with Gasteiger partial charge in [-0.3, -0.25) is 4.79 Å². The highest BCUT2D eigenvalue weighted by Crippen LogP contribution is 2.55. The fourth-order valence-electron chi connectivity index (χ4n) is 4.22. The van der Waals surface area contributed by atoms with Crippen LogP contribution in [0.3, 0.4) is 0 Å². The number of carbonyl (C=O) groups is 2. The van der Waals surface area contributed by atoms with E-state index in [4.69, 9.17) is 0 Å². The summed E-state index contributed by atoms with van der Waals surface area (Å²) in [7, 11) is 0. The lowest BCUT2D eigenvalue weighted by Gasteiger charge is -2.36. The Bertz CT molecular complexity index is 602. The second-order valence-corrected chi connectivity index (χ2v) is 6.65. The van der Waals surface area contributed by atoms with Gasteiger partial charge in [-0.2, -0.15) is 0 Å². The molecule has 4 heteroatoms. The molecule has 1 aromatic carbocycles. The fraction of sp³-hybridized carbons (Fsp3) is 0.529.